The van der Waals surface area contributed by atoms with E-state index in [1.165, 1.54) is 47.2 Å². The Morgan fingerprint density at radius 1 is 1.23 bits per heavy atom. The summed E-state index contributed by atoms with van der Waals surface area (Å²) in [5, 5.41) is 11.1. The van der Waals surface area contributed by atoms with Crippen molar-refractivity contribution in [1.82, 2.24) is 5.06 Å². The number of hydrogen-bond donors (Lipinski definition) is 1. The van der Waals surface area contributed by atoms with E-state index in [9.17, 15) is 14.3 Å². The molecule has 166 valence electrons. The molecule has 1 aliphatic rings. The Hall–Kier alpha value is -1.35. The van der Waals surface area contributed by atoms with Crippen molar-refractivity contribution in [3.8, 4) is 11.5 Å². The molecule has 3 rings (SSSR count). The third-order valence-corrected chi connectivity index (χ3v) is 6.53. The molecule has 2 aromatic carbocycles. The average molecular weight is 527 g/mol. The minimum absolute atomic E-state index is 0.0685. The molecule has 0 spiro atoms. The van der Waals surface area contributed by atoms with E-state index in [1.54, 1.807) is 12.1 Å². The van der Waals surface area contributed by atoms with Crippen LogP contribution < -0.4 is 9.57 Å². The normalized spacial score (nSPS) is 18.6. The number of thioether (sulfide) groups is 1. The number of hydrogen-bond acceptors (Lipinski definition) is 5. The van der Waals surface area contributed by atoms with Crippen LogP contribution in [0.15, 0.2) is 51.9 Å². The minimum atomic E-state index is -1.05. The van der Waals surface area contributed by atoms with Gasteiger partial charge in [0.2, 0.25) is 0 Å². The number of rotatable bonds is 8. The van der Waals surface area contributed by atoms with E-state index >= 15 is 0 Å². The molecule has 1 saturated heterocycles. The summed E-state index contributed by atoms with van der Waals surface area (Å²) < 4.78 is 18.7. The van der Waals surface area contributed by atoms with Crippen LogP contribution in [0.2, 0.25) is 10.0 Å². The van der Waals surface area contributed by atoms with Crippen LogP contribution in [-0.2, 0) is 4.79 Å². The Morgan fingerprint density at radius 2 is 1.87 bits per heavy atom. The van der Waals surface area contributed by atoms with Gasteiger partial charge in [-0.3, -0.25) is 4.79 Å². The summed E-state index contributed by atoms with van der Waals surface area (Å²) >= 11 is 25.0. The van der Waals surface area contributed by atoms with Gasteiger partial charge >= 0.3 is 5.97 Å². The fraction of sp³-hybridized carbons (Fsp3) is 0.250. The Labute approximate surface area is 202 Å². The molecule has 0 saturated carbocycles. The van der Waals surface area contributed by atoms with Gasteiger partial charge in [-0.05, 0) is 36.8 Å². The van der Waals surface area contributed by atoms with E-state index in [-0.39, 0.29) is 38.0 Å². The Kier molecular flexibility index (Phi) is 8.61. The van der Waals surface area contributed by atoms with Gasteiger partial charge < -0.3 is 14.7 Å². The van der Waals surface area contributed by atoms with Crippen molar-refractivity contribution in [3.05, 3.63) is 62.8 Å². The average Bonchev–Trinajstić information content (AvgIpc) is 3.08. The zero-order valence-corrected chi connectivity index (χ0v) is 19.6. The second-order valence-electron chi connectivity index (χ2n) is 6.43. The van der Waals surface area contributed by atoms with Crippen LogP contribution >= 0.6 is 58.2 Å². The molecule has 1 unspecified atom stereocenters. The summed E-state index contributed by atoms with van der Waals surface area (Å²) in [6.07, 6.45) is 2.00. The molecule has 0 aromatic heterocycles. The minimum Gasteiger partial charge on any atom is -0.489 e. The topological polar surface area (TPSA) is 59.0 Å². The first-order valence-corrected chi connectivity index (χ1v) is 11.4. The summed E-state index contributed by atoms with van der Waals surface area (Å²) in [5.41, 5.74) is 0. The smallest absolute Gasteiger partial charge is 0.325 e. The molecular formula is C20H16Cl4FNO4S. The van der Waals surface area contributed by atoms with Gasteiger partial charge in [-0.2, -0.15) is 0 Å². The maximum Gasteiger partial charge on any atom is 0.325 e. The van der Waals surface area contributed by atoms with Crippen molar-refractivity contribution in [2.75, 3.05) is 13.2 Å². The highest BCUT2D eigenvalue weighted by atomic mass is 35.5. The third-order valence-electron chi connectivity index (χ3n) is 4.32. The Balaban J connectivity index is 1.73. The monoisotopic (exact) mass is 525 g/mol. The third kappa shape index (κ3) is 6.57. The molecule has 11 heteroatoms. The summed E-state index contributed by atoms with van der Waals surface area (Å²) in [4.78, 5) is 18.5. The molecule has 0 radical (unpaired) electrons. The molecule has 31 heavy (non-hydrogen) atoms. The van der Waals surface area contributed by atoms with Crippen LogP contribution in [-0.4, -0.2) is 40.6 Å². The van der Waals surface area contributed by atoms with Crippen molar-refractivity contribution >= 4 is 64.1 Å². The summed E-state index contributed by atoms with van der Waals surface area (Å²) in [5.74, 6) is -0.905. The summed E-state index contributed by atoms with van der Waals surface area (Å²) in [6.45, 7) is 0.463. The number of aliphatic carboxylic acids is 1. The predicted molar refractivity (Wildman–Crippen MR) is 121 cm³/mol. The molecule has 1 fully saturated rings. The van der Waals surface area contributed by atoms with E-state index in [0.717, 1.165) is 4.90 Å². The number of carbonyl (C=O) groups is 1. The fourth-order valence-corrected chi connectivity index (χ4v) is 4.87. The number of carboxylic acid groups (broad SMARTS) is 1. The van der Waals surface area contributed by atoms with Crippen LogP contribution in [0.1, 0.15) is 6.42 Å². The molecule has 1 aliphatic heterocycles. The van der Waals surface area contributed by atoms with Gasteiger partial charge in [-0.15, -0.1) is 16.8 Å². The molecule has 1 N–H and O–H groups in total. The van der Waals surface area contributed by atoms with Crippen LogP contribution in [0.4, 0.5) is 4.39 Å². The highest BCUT2D eigenvalue weighted by Crippen LogP contribution is 2.40. The number of nitrogens with zero attached hydrogens (tertiary/aromatic N) is 1. The van der Waals surface area contributed by atoms with E-state index in [2.05, 4.69) is 0 Å². The highest BCUT2D eigenvalue weighted by Gasteiger charge is 2.42. The molecule has 5 nitrogen and oxygen atoms in total. The first-order chi connectivity index (χ1) is 14.7. The van der Waals surface area contributed by atoms with Gasteiger partial charge in [0.05, 0.1) is 10.0 Å². The SMILES string of the molecule is O=C(O)[C@@H]1C(Sc2ccc(F)cc2)CCN1Oc1c(Cl)cc(OCC=C(Cl)Cl)cc1Cl. The lowest BCUT2D eigenvalue weighted by molar-refractivity contribution is -0.154. The number of ether oxygens (including phenoxy) is 1. The number of benzene rings is 2. The molecule has 2 aromatic rings. The van der Waals surface area contributed by atoms with E-state index < -0.39 is 12.0 Å². The van der Waals surface area contributed by atoms with Gasteiger partial charge in [-0.1, -0.05) is 46.4 Å². The first-order valence-electron chi connectivity index (χ1n) is 8.97. The Bertz CT molecular complexity index is 949. The second kappa shape index (κ2) is 11.0. The molecule has 1 heterocycles. The van der Waals surface area contributed by atoms with Crippen molar-refractivity contribution in [2.24, 2.45) is 0 Å². The van der Waals surface area contributed by atoms with Crippen LogP contribution in [0.5, 0.6) is 11.5 Å². The lowest BCUT2D eigenvalue weighted by Gasteiger charge is -2.25. The van der Waals surface area contributed by atoms with E-state index in [1.807, 2.05) is 0 Å². The van der Waals surface area contributed by atoms with Gasteiger partial charge in [0.15, 0.2) is 11.8 Å². The first kappa shape index (κ1) is 24.3. The number of carboxylic acids is 1. The predicted octanol–water partition coefficient (Wildman–Crippen LogP) is 6.44. The van der Waals surface area contributed by atoms with Gasteiger partial charge in [0.1, 0.15) is 22.7 Å². The van der Waals surface area contributed by atoms with Gasteiger partial charge in [0, 0.05) is 28.8 Å². The zero-order chi connectivity index (χ0) is 22.5. The lowest BCUT2D eigenvalue weighted by Crippen LogP contribution is -2.42. The fourth-order valence-electron chi connectivity index (χ4n) is 2.96. The van der Waals surface area contributed by atoms with Crippen molar-refractivity contribution in [3.63, 3.8) is 0 Å². The molecule has 0 aliphatic carbocycles. The van der Waals surface area contributed by atoms with Crippen LogP contribution in [0.3, 0.4) is 0 Å². The number of halogens is 5. The van der Waals surface area contributed by atoms with E-state index in [0.29, 0.717) is 18.7 Å². The van der Waals surface area contributed by atoms with Gasteiger partial charge in [-0.25, -0.2) is 4.39 Å². The largest absolute Gasteiger partial charge is 0.489 e. The highest BCUT2D eigenvalue weighted by molar-refractivity contribution is 8.00. The second-order valence-corrected chi connectivity index (χ2v) is 9.57. The number of hydroxylamine groups is 2. The van der Waals surface area contributed by atoms with Crippen LogP contribution in [0, 0.1) is 5.82 Å². The molecule has 0 amide bonds. The molecular weight excluding hydrogens is 511 g/mol. The maximum absolute atomic E-state index is 13.1. The standard InChI is InChI=1S/C20H16Cl4FNO4S/c21-14-9-12(29-8-6-17(23)24)10-15(22)19(14)30-26-7-5-16(18(26)20(27)28)31-13-3-1-11(25)2-4-13/h1-4,6,9-10,16,18H,5,7-8H2,(H,27,28)/t16?,18-/m0/s1. The summed E-state index contributed by atoms with van der Waals surface area (Å²) in [6, 6.07) is 7.94. The van der Waals surface area contributed by atoms with E-state index in [4.69, 9.17) is 56.0 Å². The Morgan fingerprint density at radius 3 is 2.45 bits per heavy atom. The molecule has 0 bridgehead atoms. The summed E-state index contributed by atoms with van der Waals surface area (Å²) in [7, 11) is 0. The quantitative estimate of drug-likeness (QED) is 0.427. The zero-order valence-electron chi connectivity index (χ0n) is 15.7. The lowest BCUT2D eigenvalue weighted by atomic mass is 10.2. The van der Waals surface area contributed by atoms with Crippen molar-refractivity contribution < 1.29 is 23.9 Å². The van der Waals surface area contributed by atoms with Crippen molar-refractivity contribution in [1.29, 1.82) is 0 Å². The van der Waals surface area contributed by atoms with Gasteiger partial charge in [0.25, 0.3) is 0 Å². The van der Waals surface area contributed by atoms with Crippen LogP contribution in [0.25, 0.3) is 0 Å². The van der Waals surface area contributed by atoms with Crippen molar-refractivity contribution in [2.45, 2.75) is 22.6 Å². The maximum atomic E-state index is 13.1. The molecule has 2 atom stereocenters.